The van der Waals surface area contributed by atoms with Gasteiger partial charge in [0.15, 0.2) is 0 Å². The highest BCUT2D eigenvalue weighted by molar-refractivity contribution is 7.13. The summed E-state index contributed by atoms with van der Waals surface area (Å²) in [7, 11) is 0. The summed E-state index contributed by atoms with van der Waals surface area (Å²) < 4.78 is 28.4. The second-order valence-electron chi connectivity index (χ2n) is 9.59. The molecule has 2 heterocycles. The van der Waals surface area contributed by atoms with E-state index in [1.807, 2.05) is 25.1 Å². The molecule has 0 radical (unpaired) electrons. The highest BCUT2D eigenvalue weighted by atomic mass is 32.1. The Morgan fingerprint density at radius 1 is 1.11 bits per heavy atom. The number of halogens is 2. The standard InChI is InChI=1S/C27H35F2NO4S/c1-19(8-5-6-11-20-9-3-2-4-10-20)23(31)15-13-21-18-27(28,29)26(34)30(21)17-7-12-22-14-16-24(35-22)25(32)33/h2-4,9-10,14,16,19,21,23,31H,5-8,11-13,15,17-18H2,1H3,(H,32,33)/t19-,21?,23+/m0/s1. The van der Waals surface area contributed by atoms with Gasteiger partial charge in [0.1, 0.15) is 4.88 Å². The van der Waals surface area contributed by atoms with Crippen molar-refractivity contribution in [1.29, 1.82) is 0 Å². The van der Waals surface area contributed by atoms with Crippen LogP contribution in [-0.4, -0.2) is 51.6 Å². The largest absolute Gasteiger partial charge is 0.477 e. The fourth-order valence-corrected chi connectivity index (χ4v) is 5.63. The van der Waals surface area contributed by atoms with Gasteiger partial charge in [-0.05, 0) is 68.6 Å². The van der Waals surface area contributed by atoms with E-state index in [0.29, 0.717) is 25.7 Å². The van der Waals surface area contributed by atoms with Crippen molar-refractivity contribution < 1.29 is 28.6 Å². The van der Waals surface area contributed by atoms with Crippen LogP contribution in [0, 0.1) is 5.92 Å². The van der Waals surface area contributed by atoms with Crippen molar-refractivity contribution >= 4 is 23.2 Å². The van der Waals surface area contributed by atoms with Gasteiger partial charge < -0.3 is 15.1 Å². The van der Waals surface area contributed by atoms with Gasteiger partial charge in [0.2, 0.25) is 0 Å². The van der Waals surface area contributed by atoms with Crippen molar-refractivity contribution in [3.63, 3.8) is 0 Å². The molecule has 1 fully saturated rings. The number of nitrogens with zero attached hydrogens (tertiary/aromatic N) is 1. The van der Waals surface area contributed by atoms with Crippen LogP contribution in [0.1, 0.15) is 72.0 Å². The van der Waals surface area contributed by atoms with Gasteiger partial charge >= 0.3 is 11.9 Å². The maximum atomic E-state index is 14.2. The molecule has 192 valence electrons. The molecule has 1 aromatic heterocycles. The Hall–Kier alpha value is -2.32. The minimum atomic E-state index is -3.36. The van der Waals surface area contributed by atoms with Gasteiger partial charge in [-0.1, -0.05) is 43.7 Å². The topological polar surface area (TPSA) is 77.8 Å². The first-order chi connectivity index (χ1) is 16.7. The lowest BCUT2D eigenvalue weighted by Gasteiger charge is -2.26. The van der Waals surface area contributed by atoms with E-state index in [1.54, 1.807) is 6.07 Å². The fourth-order valence-electron chi connectivity index (χ4n) is 4.74. The number of carboxylic acid groups (broad SMARTS) is 1. The van der Waals surface area contributed by atoms with E-state index in [2.05, 4.69) is 12.1 Å². The van der Waals surface area contributed by atoms with Crippen LogP contribution in [0.2, 0.25) is 0 Å². The molecule has 5 nitrogen and oxygen atoms in total. The summed E-state index contributed by atoms with van der Waals surface area (Å²) in [6.07, 6.45) is 4.56. The number of aliphatic hydroxyl groups excluding tert-OH is 1. The number of unbranched alkanes of at least 4 members (excludes halogenated alkanes) is 1. The Balaban J connectivity index is 1.42. The second kappa shape index (κ2) is 12.6. The molecule has 3 rings (SSSR count). The van der Waals surface area contributed by atoms with E-state index < -0.39 is 36.4 Å². The van der Waals surface area contributed by atoms with Crippen LogP contribution in [0.15, 0.2) is 42.5 Å². The quantitative estimate of drug-likeness (QED) is 0.317. The number of rotatable bonds is 14. The van der Waals surface area contributed by atoms with E-state index in [9.17, 15) is 23.5 Å². The van der Waals surface area contributed by atoms with Gasteiger partial charge in [-0.15, -0.1) is 11.3 Å². The fraction of sp³-hybridized carbons (Fsp3) is 0.556. The van der Waals surface area contributed by atoms with Crippen LogP contribution in [0.4, 0.5) is 8.78 Å². The highest BCUT2D eigenvalue weighted by Gasteiger charge is 2.52. The van der Waals surface area contributed by atoms with E-state index in [-0.39, 0.29) is 17.3 Å². The number of carbonyl (C=O) groups is 2. The molecule has 0 aliphatic carbocycles. The highest BCUT2D eigenvalue weighted by Crippen LogP contribution is 2.36. The van der Waals surface area contributed by atoms with Crippen molar-refractivity contribution in [2.24, 2.45) is 5.92 Å². The number of aliphatic hydroxyl groups is 1. The molecule has 0 bridgehead atoms. The summed E-state index contributed by atoms with van der Waals surface area (Å²) in [5.41, 5.74) is 1.30. The molecule has 1 aromatic carbocycles. The summed E-state index contributed by atoms with van der Waals surface area (Å²) >= 11 is 1.16. The number of benzene rings is 1. The monoisotopic (exact) mass is 507 g/mol. The van der Waals surface area contributed by atoms with Crippen LogP contribution in [0.3, 0.4) is 0 Å². The number of hydrogen-bond acceptors (Lipinski definition) is 4. The van der Waals surface area contributed by atoms with Crippen molar-refractivity contribution in [1.82, 2.24) is 4.90 Å². The Labute approximate surface area is 209 Å². The average Bonchev–Trinajstić information content (AvgIpc) is 3.39. The summed E-state index contributed by atoms with van der Waals surface area (Å²) in [6.45, 7) is 2.19. The van der Waals surface area contributed by atoms with Gasteiger partial charge in [-0.25, -0.2) is 4.79 Å². The van der Waals surface area contributed by atoms with Crippen molar-refractivity contribution in [3.8, 4) is 0 Å². The second-order valence-corrected chi connectivity index (χ2v) is 10.8. The molecular weight excluding hydrogens is 472 g/mol. The molecule has 1 amide bonds. The van der Waals surface area contributed by atoms with Gasteiger partial charge in [-0.3, -0.25) is 4.79 Å². The first-order valence-corrected chi connectivity index (χ1v) is 13.2. The predicted octanol–water partition coefficient (Wildman–Crippen LogP) is 5.81. The minimum Gasteiger partial charge on any atom is -0.477 e. The predicted molar refractivity (Wildman–Crippen MR) is 133 cm³/mol. The number of aromatic carboxylic acids is 1. The third kappa shape index (κ3) is 7.84. The molecule has 1 aliphatic rings. The maximum absolute atomic E-state index is 14.2. The van der Waals surface area contributed by atoms with Crippen molar-refractivity contribution in [2.45, 2.75) is 82.8 Å². The van der Waals surface area contributed by atoms with E-state index >= 15 is 0 Å². The normalized spacial score (nSPS) is 19.1. The Bertz CT molecular complexity index is 965. The van der Waals surface area contributed by atoms with Gasteiger partial charge in [0.25, 0.3) is 5.91 Å². The molecule has 1 unspecified atom stereocenters. The number of aryl methyl sites for hydroxylation is 2. The molecule has 1 saturated heterocycles. The zero-order valence-electron chi connectivity index (χ0n) is 20.2. The number of carbonyl (C=O) groups excluding carboxylic acids is 1. The minimum absolute atomic E-state index is 0.0686. The van der Waals surface area contributed by atoms with Gasteiger partial charge in [-0.2, -0.15) is 8.78 Å². The first-order valence-electron chi connectivity index (χ1n) is 12.4. The molecule has 35 heavy (non-hydrogen) atoms. The van der Waals surface area contributed by atoms with Gasteiger partial charge in [0.05, 0.1) is 6.10 Å². The number of carboxylic acids is 1. The van der Waals surface area contributed by atoms with Crippen molar-refractivity contribution in [2.75, 3.05) is 6.54 Å². The van der Waals surface area contributed by atoms with Crippen LogP contribution < -0.4 is 0 Å². The first kappa shape index (κ1) is 27.3. The lowest BCUT2D eigenvalue weighted by atomic mass is 9.92. The molecule has 1 aliphatic heterocycles. The van der Waals surface area contributed by atoms with E-state index in [4.69, 9.17) is 5.11 Å². The number of likely N-dealkylation sites (tertiary alicyclic amines) is 1. The van der Waals surface area contributed by atoms with Crippen LogP contribution in [0.25, 0.3) is 0 Å². The van der Waals surface area contributed by atoms with Crippen LogP contribution >= 0.6 is 11.3 Å². The Morgan fingerprint density at radius 3 is 2.54 bits per heavy atom. The number of thiophene rings is 1. The number of alkyl halides is 2. The SMILES string of the molecule is C[C@@H](CCCCc1ccccc1)[C@H](O)CCC1CC(F)(F)C(=O)N1CCCc1ccc(C(=O)O)s1. The zero-order valence-corrected chi connectivity index (χ0v) is 21.0. The maximum Gasteiger partial charge on any atom is 0.345 e. The summed E-state index contributed by atoms with van der Waals surface area (Å²) in [4.78, 5) is 25.7. The lowest BCUT2D eigenvalue weighted by Crippen LogP contribution is -2.37. The molecule has 3 atom stereocenters. The van der Waals surface area contributed by atoms with E-state index in [1.165, 1.54) is 16.5 Å². The van der Waals surface area contributed by atoms with E-state index in [0.717, 1.165) is 41.9 Å². The molecule has 2 aromatic rings. The molecule has 0 saturated carbocycles. The lowest BCUT2D eigenvalue weighted by molar-refractivity contribution is -0.148. The average molecular weight is 508 g/mol. The molecule has 8 heteroatoms. The summed E-state index contributed by atoms with van der Waals surface area (Å²) in [6, 6.07) is 12.9. The summed E-state index contributed by atoms with van der Waals surface area (Å²) in [5, 5.41) is 19.6. The summed E-state index contributed by atoms with van der Waals surface area (Å²) in [5.74, 6) is -5.42. The van der Waals surface area contributed by atoms with Crippen LogP contribution in [0.5, 0.6) is 0 Å². The van der Waals surface area contributed by atoms with Crippen LogP contribution in [-0.2, 0) is 17.6 Å². The zero-order chi connectivity index (χ0) is 25.4. The molecular formula is C27H35F2NO4S. The number of hydrogen-bond donors (Lipinski definition) is 2. The Morgan fingerprint density at radius 2 is 1.86 bits per heavy atom. The third-order valence-corrected chi connectivity index (χ3v) is 8.00. The van der Waals surface area contributed by atoms with Gasteiger partial charge in [0, 0.05) is 23.9 Å². The molecule has 0 spiro atoms. The Kier molecular flexibility index (Phi) is 9.80. The smallest absolute Gasteiger partial charge is 0.345 e. The number of amides is 1. The third-order valence-electron chi connectivity index (χ3n) is 6.87. The molecule has 2 N–H and O–H groups in total. The van der Waals surface area contributed by atoms with Crippen molar-refractivity contribution in [3.05, 3.63) is 57.8 Å².